The molecule has 1 aliphatic heterocycles. The molecule has 2 heterocycles. The molecule has 1 aliphatic rings. The van der Waals surface area contributed by atoms with Crippen LogP contribution in [-0.2, 0) is 19.6 Å². The Hall–Kier alpha value is -4.46. The SMILES string of the molecule is COc1ccc(C(OC[C@@H]2O[C@@H](n3c(=O)cc[nH]c3=O)C[C@@H]2N(CCC#N)P(=O)(C(C)C)C(C)C)(c2ccccc2)c2ccc(OC)cc2)cc1. The van der Waals surface area contributed by atoms with Crippen LogP contribution in [0.1, 0.15) is 63.5 Å². The molecule has 1 N–H and O–H groups in total. The highest BCUT2D eigenvalue weighted by Gasteiger charge is 2.50. The monoisotopic (exact) mass is 714 g/mol. The molecule has 3 atom stereocenters. The van der Waals surface area contributed by atoms with E-state index in [-0.39, 0.29) is 37.3 Å². The van der Waals surface area contributed by atoms with Crippen molar-refractivity contribution in [1.29, 1.82) is 5.26 Å². The van der Waals surface area contributed by atoms with Gasteiger partial charge in [-0.05, 0) is 41.0 Å². The molecule has 1 aromatic heterocycles. The van der Waals surface area contributed by atoms with E-state index in [1.54, 1.807) is 14.2 Å². The number of hydrogen-bond donors (Lipinski definition) is 1. The number of ether oxygens (including phenoxy) is 4. The van der Waals surface area contributed by atoms with Crippen LogP contribution in [0.5, 0.6) is 11.5 Å². The fourth-order valence-electron chi connectivity index (χ4n) is 7.23. The fourth-order valence-corrected chi connectivity index (χ4v) is 10.7. The van der Waals surface area contributed by atoms with Gasteiger partial charge in [0, 0.05) is 49.0 Å². The minimum absolute atomic E-state index is 0.0210. The zero-order valence-corrected chi connectivity index (χ0v) is 30.9. The molecule has 0 saturated carbocycles. The number of hydrogen-bond acceptors (Lipinski definition) is 8. The molecule has 1 fully saturated rings. The summed E-state index contributed by atoms with van der Waals surface area (Å²) in [6, 6.07) is 28.1. The van der Waals surface area contributed by atoms with Crippen molar-refractivity contribution in [1.82, 2.24) is 14.2 Å². The van der Waals surface area contributed by atoms with Crippen molar-refractivity contribution in [2.45, 2.75) is 75.8 Å². The van der Waals surface area contributed by atoms with Gasteiger partial charge in [0.1, 0.15) is 23.3 Å². The third-order valence-corrected chi connectivity index (χ3v) is 14.0. The molecule has 11 nitrogen and oxygen atoms in total. The largest absolute Gasteiger partial charge is 0.497 e. The lowest BCUT2D eigenvalue weighted by molar-refractivity contribution is -0.0856. The van der Waals surface area contributed by atoms with Crippen LogP contribution in [0.2, 0.25) is 0 Å². The Bertz CT molecular complexity index is 1870. The first-order valence-electron chi connectivity index (χ1n) is 17.2. The number of benzene rings is 3. The summed E-state index contributed by atoms with van der Waals surface area (Å²) in [7, 11) is 0.0828. The highest BCUT2D eigenvalue weighted by Crippen LogP contribution is 2.61. The Morgan fingerprint density at radius 2 is 1.45 bits per heavy atom. The molecule has 1 saturated heterocycles. The number of nitrogens with zero attached hydrogens (tertiary/aromatic N) is 3. The minimum Gasteiger partial charge on any atom is -0.497 e. The highest BCUT2D eigenvalue weighted by molar-refractivity contribution is 7.62. The van der Waals surface area contributed by atoms with Crippen molar-refractivity contribution in [2.24, 2.45) is 0 Å². The first kappa shape index (κ1) is 37.8. The predicted molar refractivity (Wildman–Crippen MR) is 197 cm³/mol. The van der Waals surface area contributed by atoms with E-state index >= 15 is 4.57 Å². The molecule has 0 bridgehead atoms. The molecule has 0 unspecified atom stereocenters. The smallest absolute Gasteiger partial charge is 0.330 e. The van der Waals surface area contributed by atoms with Gasteiger partial charge in [-0.2, -0.15) is 5.26 Å². The number of nitrogens with one attached hydrogen (secondary N) is 1. The van der Waals surface area contributed by atoms with Crippen LogP contribution in [0.3, 0.4) is 0 Å². The Balaban J connectivity index is 1.68. The molecule has 0 spiro atoms. The number of rotatable bonds is 15. The summed E-state index contributed by atoms with van der Waals surface area (Å²) < 4.78 is 42.9. The maximum Gasteiger partial charge on any atom is 0.330 e. The average Bonchev–Trinajstić information content (AvgIpc) is 3.55. The van der Waals surface area contributed by atoms with Gasteiger partial charge in [0.05, 0.1) is 33.0 Å². The third kappa shape index (κ3) is 7.46. The Kier molecular flexibility index (Phi) is 12.0. The average molecular weight is 715 g/mol. The minimum atomic E-state index is -3.14. The van der Waals surface area contributed by atoms with Crippen LogP contribution in [0.15, 0.2) is 101 Å². The second-order valence-corrected chi connectivity index (χ2v) is 17.1. The number of aromatic nitrogens is 2. The van der Waals surface area contributed by atoms with Crippen LogP contribution >= 0.6 is 7.29 Å². The molecule has 12 heteroatoms. The summed E-state index contributed by atoms with van der Waals surface area (Å²) in [6.07, 6.45) is -0.108. The second-order valence-electron chi connectivity index (χ2n) is 13.2. The number of methoxy groups -OCH3 is 2. The van der Waals surface area contributed by atoms with Gasteiger partial charge in [0.15, 0.2) is 7.29 Å². The van der Waals surface area contributed by atoms with Gasteiger partial charge in [-0.25, -0.2) is 14.0 Å². The quantitative estimate of drug-likeness (QED) is 0.108. The van der Waals surface area contributed by atoms with Crippen molar-refractivity contribution in [3.05, 3.63) is 129 Å². The van der Waals surface area contributed by atoms with Gasteiger partial charge in [-0.15, -0.1) is 0 Å². The summed E-state index contributed by atoms with van der Waals surface area (Å²) in [4.78, 5) is 28.7. The maximum atomic E-state index is 15.1. The van der Waals surface area contributed by atoms with E-state index in [0.29, 0.717) is 11.5 Å². The van der Waals surface area contributed by atoms with E-state index in [2.05, 4.69) is 11.1 Å². The Labute approximate surface area is 299 Å². The number of nitriles is 1. The molecular weight excluding hydrogens is 667 g/mol. The standard InChI is InChI=1S/C39H47N4O7P/c1-27(2)51(46,28(3)4)42(24-10-22-40)34-25-37(43-36(44)21-23-41-38(43)45)50-35(34)26-49-39(29-11-8-7-9-12-29,30-13-17-32(47-5)18-14-30)31-15-19-33(48-6)20-16-31/h7-9,11-21,23,27-28,34-35,37H,10,24-26H2,1-6H3,(H,41,45)/t34-,35-,37+/m0/s1. The van der Waals surface area contributed by atoms with E-state index in [4.69, 9.17) is 18.9 Å². The predicted octanol–water partition coefficient (Wildman–Crippen LogP) is 6.53. The normalized spacial score (nSPS) is 17.9. The van der Waals surface area contributed by atoms with Crippen LogP contribution in [0.4, 0.5) is 0 Å². The molecule has 0 radical (unpaired) electrons. The summed E-state index contributed by atoms with van der Waals surface area (Å²) >= 11 is 0. The van der Waals surface area contributed by atoms with Crippen LogP contribution in [0.25, 0.3) is 0 Å². The first-order chi connectivity index (χ1) is 24.5. The van der Waals surface area contributed by atoms with Gasteiger partial charge in [0.25, 0.3) is 5.56 Å². The summed E-state index contributed by atoms with van der Waals surface area (Å²) in [5.41, 5.74) is -0.289. The summed E-state index contributed by atoms with van der Waals surface area (Å²) in [5.74, 6) is 1.37. The van der Waals surface area contributed by atoms with Crippen molar-refractivity contribution in [2.75, 3.05) is 27.4 Å². The molecule has 270 valence electrons. The molecule has 4 aromatic rings. The Morgan fingerprint density at radius 1 is 0.902 bits per heavy atom. The van der Waals surface area contributed by atoms with Crippen LogP contribution in [0, 0.1) is 11.3 Å². The summed E-state index contributed by atoms with van der Waals surface area (Å²) in [6.45, 7) is 7.92. The highest BCUT2D eigenvalue weighted by atomic mass is 31.2. The van der Waals surface area contributed by atoms with E-state index in [1.807, 2.05) is 111 Å². The Morgan fingerprint density at radius 3 is 1.94 bits per heavy atom. The molecule has 3 aromatic carbocycles. The lowest BCUT2D eigenvalue weighted by Gasteiger charge is -2.43. The van der Waals surface area contributed by atoms with Gasteiger partial charge in [-0.1, -0.05) is 82.3 Å². The van der Waals surface area contributed by atoms with E-state index < -0.39 is 42.5 Å². The van der Waals surface area contributed by atoms with Crippen molar-refractivity contribution < 1.29 is 23.5 Å². The van der Waals surface area contributed by atoms with Crippen molar-refractivity contribution in [3.63, 3.8) is 0 Å². The van der Waals surface area contributed by atoms with Crippen LogP contribution < -0.4 is 20.7 Å². The third-order valence-electron chi connectivity index (χ3n) is 9.74. The fraction of sp³-hybridized carbons (Fsp3) is 0.410. The van der Waals surface area contributed by atoms with E-state index in [9.17, 15) is 14.9 Å². The van der Waals surface area contributed by atoms with Crippen LogP contribution in [-0.4, -0.2) is 65.1 Å². The zero-order chi connectivity index (χ0) is 36.8. The lowest BCUT2D eigenvalue weighted by atomic mass is 9.80. The number of aromatic amines is 1. The summed E-state index contributed by atoms with van der Waals surface area (Å²) in [5, 5.41) is 9.70. The van der Waals surface area contributed by atoms with Crippen molar-refractivity contribution in [3.8, 4) is 17.6 Å². The zero-order valence-electron chi connectivity index (χ0n) is 30.0. The molecule has 51 heavy (non-hydrogen) atoms. The molecule has 0 amide bonds. The van der Waals surface area contributed by atoms with Gasteiger partial charge >= 0.3 is 5.69 Å². The lowest BCUT2D eigenvalue weighted by Crippen LogP contribution is -2.46. The molecule has 5 rings (SSSR count). The topological polar surface area (TPSA) is 136 Å². The van der Waals surface area contributed by atoms with E-state index in [1.165, 1.54) is 12.3 Å². The van der Waals surface area contributed by atoms with Gasteiger partial charge in [0.2, 0.25) is 0 Å². The molecular formula is C39H47N4O7P. The maximum absolute atomic E-state index is 15.1. The first-order valence-corrected chi connectivity index (χ1v) is 19.0. The molecule has 0 aliphatic carbocycles. The second kappa shape index (κ2) is 16.3. The van der Waals surface area contributed by atoms with Crippen molar-refractivity contribution >= 4 is 7.29 Å². The van der Waals surface area contributed by atoms with Gasteiger partial charge in [-0.3, -0.25) is 4.79 Å². The van der Waals surface area contributed by atoms with E-state index in [0.717, 1.165) is 21.3 Å². The van der Waals surface area contributed by atoms with Gasteiger partial charge < -0.3 is 28.5 Å². The number of H-pyrrole nitrogens is 1.